The van der Waals surface area contributed by atoms with Crippen LogP contribution in [-0.4, -0.2) is 0 Å². The zero-order valence-electron chi connectivity index (χ0n) is 11.2. The summed E-state index contributed by atoms with van der Waals surface area (Å²) >= 11 is 0. The van der Waals surface area contributed by atoms with Crippen LogP contribution >= 0.6 is 0 Å². The van der Waals surface area contributed by atoms with E-state index in [1.165, 1.54) is 41.5 Å². The number of hydrogen-bond acceptors (Lipinski definition) is 0. The van der Waals surface area contributed by atoms with Crippen LogP contribution < -0.4 is 0 Å². The Balaban J connectivity index is 2.17. The maximum atomic E-state index is 2.29. The van der Waals surface area contributed by atoms with Crippen molar-refractivity contribution in [1.29, 1.82) is 0 Å². The van der Waals surface area contributed by atoms with E-state index in [-0.39, 0.29) is 0 Å². The van der Waals surface area contributed by atoms with E-state index in [0.717, 1.165) is 5.92 Å². The van der Waals surface area contributed by atoms with Gasteiger partial charge in [-0.25, -0.2) is 0 Å². The molecule has 0 N–H and O–H groups in total. The summed E-state index contributed by atoms with van der Waals surface area (Å²) < 4.78 is 0. The molecule has 1 fully saturated rings. The molecule has 3 rings (SSSR count). The maximum Gasteiger partial charge on any atom is -0.0144 e. The average molecular weight is 236 g/mol. The lowest BCUT2D eigenvalue weighted by Crippen LogP contribution is -2.11. The maximum absolute atomic E-state index is 2.29. The molecular formula is C18H20. The van der Waals surface area contributed by atoms with Gasteiger partial charge in [-0.2, -0.15) is 0 Å². The number of hydrogen-bond donors (Lipinski definition) is 0. The number of rotatable bonds is 2. The van der Waals surface area contributed by atoms with E-state index in [2.05, 4.69) is 56.3 Å². The van der Waals surface area contributed by atoms with E-state index in [4.69, 9.17) is 0 Å². The Kier molecular flexibility index (Phi) is 2.95. The zero-order valence-corrected chi connectivity index (χ0v) is 11.2. The Morgan fingerprint density at radius 2 is 1.44 bits per heavy atom. The van der Waals surface area contributed by atoms with Crippen LogP contribution in [0.2, 0.25) is 0 Å². The summed E-state index contributed by atoms with van der Waals surface area (Å²) in [5.74, 6) is 0.792. The van der Waals surface area contributed by atoms with Crippen LogP contribution in [0, 0.1) is 13.8 Å². The molecule has 1 aliphatic carbocycles. The Morgan fingerprint density at radius 1 is 0.778 bits per heavy atom. The highest BCUT2D eigenvalue weighted by atomic mass is 14.3. The van der Waals surface area contributed by atoms with Crippen LogP contribution in [0.1, 0.15) is 41.9 Å². The summed E-state index contributed by atoms with van der Waals surface area (Å²) in [4.78, 5) is 0. The fourth-order valence-corrected chi connectivity index (χ4v) is 3.03. The van der Waals surface area contributed by atoms with Gasteiger partial charge in [0.2, 0.25) is 0 Å². The van der Waals surface area contributed by atoms with Gasteiger partial charge < -0.3 is 0 Å². The highest BCUT2D eigenvalue weighted by Crippen LogP contribution is 2.43. The second-order valence-electron chi connectivity index (χ2n) is 5.48. The van der Waals surface area contributed by atoms with Gasteiger partial charge in [-0.05, 0) is 60.4 Å². The van der Waals surface area contributed by atoms with Crippen LogP contribution in [0.25, 0.3) is 11.1 Å². The predicted molar refractivity (Wildman–Crippen MR) is 77.9 cm³/mol. The highest BCUT2D eigenvalue weighted by Gasteiger charge is 2.24. The molecule has 0 radical (unpaired) electrons. The molecule has 0 amide bonds. The molecule has 18 heavy (non-hydrogen) atoms. The first-order valence-electron chi connectivity index (χ1n) is 6.93. The van der Waals surface area contributed by atoms with Crippen LogP contribution in [0.5, 0.6) is 0 Å². The van der Waals surface area contributed by atoms with Gasteiger partial charge in [0.05, 0.1) is 0 Å². The monoisotopic (exact) mass is 236 g/mol. The minimum absolute atomic E-state index is 0.792. The molecule has 0 heterocycles. The van der Waals surface area contributed by atoms with Crippen molar-refractivity contribution in [3.8, 4) is 11.1 Å². The molecule has 1 saturated carbocycles. The van der Waals surface area contributed by atoms with E-state index < -0.39 is 0 Å². The lowest BCUT2D eigenvalue weighted by atomic mass is 9.75. The van der Waals surface area contributed by atoms with E-state index in [0.29, 0.717) is 0 Å². The largest absolute Gasteiger partial charge is 0.0620 e. The minimum Gasteiger partial charge on any atom is -0.0620 e. The fraction of sp³-hybridized carbons (Fsp3) is 0.333. The standard InChI is InChI=1S/C18H20/c1-13-7-3-4-11-16(13)17-12-5-8-14(2)18(17)15-9-6-10-15/h3-5,7-8,11-12,15H,6,9-10H2,1-2H3. The third-order valence-electron chi connectivity index (χ3n) is 4.27. The summed E-state index contributed by atoms with van der Waals surface area (Å²) in [6, 6.07) is 15.5. The van der Waals surface area contributed by atoms with Crippen molar-refractivity contribution >= 4 is 0 Å². The van der Waals surface area contributed by atoms with Gasteiger partial charge in [-0.15, -0.1) is 0 Å². The molecular weight excluding hydrogens is 216 g/mol. The van der Waals surface area contributed by atoms with Gasteiger partial charge >= 0.3 is 0 Å². The predicted octanol–water partition coefficient (Wildman–Crippen LogP) is 5.24. The molecule has 0 atom stereocenters. The van der Waals surface area contributed by atoms with Crippen molar-refractivity contribution in [3.05, 3.63) is 59.2 Å². The first-order valence-corrected chi connectivity index (χ1v) is 6.93. The number of benzene rings is 2. The van der Waals surface area contributed by atoms with Crippen LogP contribution in [0.4, 0.5) is 0 Å². The fourth-order valence-electron chi connectivity index (χ4n) is 3.03. The molecule has 0 nitrogen and oxygen atoms in total. The summed E-state index contributed by atoms with van der Waals surface area (Å²) in [5, 5.41) is 0. The molecule has 0 aromatic heterocycles. The summed E-state index contributed by atoms with van der Waals surface area (Å²) in [6.45, 7) is 4.47. The van der Waals surface area contributed by atoms with Gasteiger partial charge in [-0.3, -0.25) is 0 Å². The van der Waals surface area contributed by atoms with E-state index in [9.17, 15) is 0 Å². The van der Waals surface area contributed by atoms with E-state index in [1.807, 2.05) is 0 Å². The molecule has 0 bridgehead atoms. The first kappa shape index (κ1) is 11.5. The van der Waals surface area contributed by atoms with Crippen molar-refractivity contribution in [2.24, 2.45) is 0 Å². The third-order valence-corrected chi connectivity index (χ3v) is 4.27. The smallest absolute Gasteiger partial charge is 0.0144 e. The van der Waals surface area contributed by atoms with Crippen molar-refractivity contribution in [1.82, 2.24) is 0 Å². The summed E-state index contributed by atoms with van der Waals surface area (Å²) in [7, 11) is 0. The lowest BCUT2D eigenvalue weighted by molar-refractivity contribution is 0.419. The van der Waals surface area contributed by atoms with Gasteiger partial charge in [0.25, 0.3) is 0 Å². The first-order chi connectivity index (χ1) is 8.77. The summed E-state index contributed by atoms with van der Waals surface area (Å²) in [6.07, 6.45) is 4.12. The van der Waals surface area contributed by atoms with E-state index >= 15 is 0 Å². The van der Waals surface area contributed by atoms with Crippen molar-refractivity contribution in [3.63, 3.8) is 0 Å². The summed E-state index contributed by atoms with van der Waals surface area (Å²) in [5.41, 5.74) is 7.29. The molecule has 0 spiro atoms. The zero-order chi connectivity index (χ0) is 12.5. The molecule has 1 aliphatic rings. The highest BCUT2D eigenvalue weighted by molar-refractivity contribution is 5.72. The van der Waals surface area contributed by atoms with Crippen LogP contribution in [0.15, 0.2) is 42.5 Å². The topological polar surface area (TPSA) is 0 Å². The van der Waals surface area contributed by atoms with Crippen molar-refractivity contribution < 1.29 is 0 Å². The SMILES string of the molecule is Cc1ccccc1-c1cccc(C)c1C1CCC1. The molecule has 2 aromatic rings. The molecule has 0 saturated heterocycles. The second-order valence-corrected chi connectivity index (χ2v) is 5.48. The minimum atomic E-state index is 0.792. The average Bonchev–Trinajstić information content (AvgIpc) is 2.30. The molecule has 0 unspecified atom stereocenters. The second kappa shape index (κ2) is 4.61. The Bertz CT molecular complexity index is 562. The molecule has 0 aliphatic heterocycles. The van der Waals surface area contributed by atoms with Crippen LogP contribution in [-0.2, 0) is 0 Å². The molecule has 0 heteroatoms. The van der Waals surface area contributed by atoms with Crippen molar-refractivity contribution in [2.45, 2.75) is 39.0 Å². The Labute approximate surface area is 110 Å². The van der Waals surface area contributed by atoms with E-state index in [1.54, 1.807) is 5.56 Å². The third kappa shape index (κ3) is 1.86. The van der Waals surface area contributed by atoms with Gasteiger partial charge in [0.1, 0.15) is 0 Å². The van der Waals surface area contributed by atoms with Crippen LogP contribution in [0.3, 0.4) is 0 Å². The molecule has 92 valence electrons. The van der Waals surface area contributed by atoms with Gasteiger partial charge in [0, 0.05) is 0 Å². The van der Waals surface area contributed by atoms with Gasteiger partial charge in [0.15, 0.2) is 0 Å². The molecule has 2 aromatic carbocycles. The quantitative estimate of drug-likeness (QED) is 0.669. The van der Waals surface area contributed by atoms with Gasteiger partial charge in [-0.1, -0.05) is 48.9 Å². The Hall–Kier alpha value is -1.56. The normalized spacial score (nSPS) is 15.4. The number of aryl methyl sites for hydroxylation is 2. The Morgan fingerprint density at radius 3 is 2.11 bits per heavy atom. The lowest BCUT2D eigenvalue weighted by Gasteiger charge is -2.30. The van der Waals surface area contributed by atoms with Crippen molar-refractivity contribution in [2.75, 3.05) is 0 Å².